The highest BCUT2D eigenvalue weighted by Gasteiger charge is 2.18. The number of allylic oxidation sites excluding steroid dienone is 2. The third-order valence-electron chi connectivity index (χ3n) is 4.65. The summed E-state index contributed by atoms with van der Waals surface area (Å²) in [5.41, 5.74) is 0.183. The smallest absolute Gasteiger partial charge is 0.193 e. The third kappa shape index (κ3) is 4.62. The first kappa shape index (κ1) is 22.2. The predicted octanol–water partition coefficient (Wildman–Crippen LogP) is 4.67. The van der Waals surface area contributed by atoms with Crippen LogP contribution in [0.5, 0.6) is 17.2 Å². The summed E-state index contributed by atoms with van der Waals surface area (Å²) in [6.07, 6.45) is 1.84. The maximum atomic E-state index is 12.4. The van der Waals surface area contributed by atoms with Gasteiger partial charge in [-0.15, -0.1) is 0 Å². The van der Waals surface area contributed by atoms with Crippen molar-refractivity contribution in [2.75, 3.05) is 7.11 Å². The minimum Gasteiger partial charge on any atom is -0.507 e. The Kier molecular flexibility index (Phi) is 6.60. The van der Waals surface area contributed by atoms with Crippen molar-refractivity contribution in [2.24, 2.45) is 0 Å². The second kappa shape index (κ2) is 9.53. The molecule has 0 amide bonds. The topological polar surface area (TPSA) is 124 Å². The quantitative estimate of drug-likeness (QED) is 0.243. The summed E-state index contributed by atoms with van der Waals surface area (Å²) in [4.78, 5) is 24.9. The first-order valence-electron chi connectivity index (χ1n) is 9.47. The molecule has 162 valence electrons. The first-order chi connectivity index (χ1) is 15.3. The Bertz CT molecular complexity index is 1150. The van der Waals surface area contributed by atoms with Crippen molar-refractivity contribution in [3.8, 4) is 17.2 Å². The molecule has 4 N–H and O–H groups in total. The summed E-state index contributed by atoms with van der Waals surface area (Å²) in [6, 6.07) is 16.2. The molecule has 0 aliphatic rings. The molecule has 3 rings (SSSR count). The zero-order chi connectivity index (χ0) is 23.3. The van der Waals surface area contributed by atoms with Gasteiger partial charge in [0, 0.05) is 12.2 Å². The Balaban J connectivity index is 1.99. The van der Waals surface area contributed by atoms with Crippen LogP contribution < -0.4 is 4.74 Å². The largest absolute Gasteiger partial charge is 0.507 e. The van der Waals surface area contributed by atoms with Gasteiger partial charge in [0.05, 0.1) is 29.4 Å². The highest BCUT2D eigenvalue weighted by molar-refractivity contribution is 6.10. The monoisotopic (exact) mass is 432 g/mol. The van der Waals surface area contributed by atoms with Crippen LogP contribution >= 0.6 is 0 Å². The molecule has 0 atom stereocenters. The van der Waals surface area contributed by atoms with Gasteiger partial charge >= 0.3 is 0 Å². The van der Waals surface area contributed by atoms with Crippen molar-refractivity contribution in [3.05, 3.63) is 101 Å². The van der Waals surface area contributed by atoms with Gasteiger partial charge in [-0.3, -0.25) is 9.59 Å². The average Bonchev–Trinajstić information content (AvgIpc) is 2.78. The van der Waals surface area contributed by atoms with E-state index in [9.17, 15) is 30.0 Å². The Morgan fingerprint density at radius 3 is 1.41 bits per heavy atom. The third-order valence-corrected chi connectivity index (χ3v) is 4.65. The molecule has 7 heteroatoms. The molecule has 0 spiro atoms. The van der Waals surface area contributed by atoms with Crippen LogP contribution in [0, 0.1) is 0 Å². The molecular weight excluding hydrogens is 412 g/mol. The lowest BCUT2D eigenvalue weighted by atomic mass is 10.0. The predicted molar refractivity (Wildman–Crippen MR) is 119 cm³/mol. The van der Waals surface area contributed by atoms with Crippen molar-refractivity contribution >= 4 is 23.1 Å². The number of phenolic OH excluding ortho intramolecular Hbond substituents is 2. The van der Waals surface area contributed by atoms with E-state index in [-0.39, 0.29) is 39.5 Å². The van der Waals surface area contributed by atoms with E-state index in [1.165, 1.54) is 49.6 Å². The van der Waals surface area contributed by atoms with Gasteiger partial charge < -0.3 is 25.2 Å². The van der Waals surface area contributed by atoms with E-state index < -0.39 is 23.1 Å². The molecule has 0 saturated carbocycles. The van der Waals surface area contributed by atoms with Crippen molar-refractivity contribution in [1.82, 2.24) is 0 Å². The summed E-state index contributed by atoms with van der Waals surface area (Å²) in [7, 11) is 1.30. The number of carbonyl (C=O) groups is 2. The van der Waals surface area contributed by atoms with E-state index >= 15 is 0 Å². The number of carbonyl (C=O) groups excluding carboxylic acids is 2. The van der Waals surface area contributed by atoms with E-state index in [2.05, 4.69) is 0 Å². The number of ether oxygens (including phenoxy) is 1. The summed E-state index contributed by atoms with van der Waals surface area (Å²) in [6.45, 7) is 0. The number of aliphatic hydroxyl groups excluding tert-OH is 2. The number of aromatic hydroxyl groups is 2. The average molecular weight is 432 g/mol. The van der Waals surface area contributed by atoms with Gasteiger partial charge in [-0.25, -0.2) is 0 Å². The van der Waals surface area contributed by atoms with Crippen LogP contribution in [0.4, 0.5) is 0 Å². The van der Waals surface area contributed by atoms with Crippen LogP contribution in [0.2, 0.25) is 0 Å². The molecule has 32 heavy (non-hydrogen) atoms. The first-order valence-corrected chi connectivity index (χ1v) is 9.47. The van der Waals surface area contributed by atoms with Crippen LogP contribution in [0.1, 0.15) is 31.8 Å². The lowest BCUT2D eigenvalue weighted by Gasteiger charge is -2.13. The van der Waals surface area contributed by atoms with Crippen LogP contribution in [0.3, 0.4) is 0 Å². The van der Waals surface area contributed by atoms with Gasteiger partial charge in [0.1, 0.15) is 28.8 Å². The van der Waals surface area contributed by atoms with E-state index in [1.54, 1.807) is 24.3 Å². The molecule has 0 aliphatic carbocycles. The van der Waals surface area contributed by atoms with Crippen LogP contribution in [0.25, 0.3) is 11.5 Å². The van der Waals surface area contributed by atoms with Crippen LogP contribution in [-0.2, 0) is 0 Å². The highest BCUT2D eigenvalue weighted by atomic mass is 16.5. The van der Waals surface area contributed by atoms with E-state index in [1.807, 2.05) is 0 Å². The second-order valence-corrected chi connectivity index (χ2v) is 6.71. The molecular formula is C25H20O7. The van der Waals surface area contributed by atoms with Gasteiger partial charge in [0.25, 0.3) is 0 Å². The number of phenols is 2. The van der Waals surface area contributed by atoms with Crippen molar-refractivity contribution in [2.45, 2.75) is 0 Å². The lowest BCUT2D eigenvalue weighted by Crippen LogP contribution is -2.02. The number of para-hydroxylation sites is 3. The summed E-state index contributed by atoms with van der Waals surface area (Å²) in [5, 5.41) is 40.7. The lowest BCUT2D eigenvalue weighted by molar-refractivity contribution is 0.103. The maximum absolute atomic E-state index is 12.4. The van der Waals surface area contributed by atoms with E-state index in [4.69, 9.17) is 4.74 Å². The fourth-order valence-electron chi connectivity index (χ4n) is 3.08. The van der Waals surface area contributed by atoms with Gasteiger partial charge in [-0.1, -0.05) is 30.3 Å². The molecule has 0 unspecified atom stereocenters. The molecule has 0 aromatic heterocycles. The molecule has 0 radical (unpaired) electrons. The number of ketones is 2. The Morgan fingerprint density at radius 1 is 0.656 bits per heavy atom. The second-order valence-electron chi connectivity index (χ2n) is 6.71. The van der Waals surface area contributed by atoms with E-state index in [0.29, 0.717) is 0 Å². The van der Waals surface area contributed by atoms with Gasteiger partial charge in [-0.2, -0.15) is 0 Å². The zero-order valence-electron chi connectivity index (χ0n) is 17.0. The summed E-state index contributed by atoms with van der Waals surface area (Å²) >= 11 is 0. The number of benzene rings is 3. The highest BCUT2D eigenvalue weighted by Crippen LogP contribution is 2.33. The van der Waals surface area contributed by atoms with E-state index in [0.717, 1.165) is 12.2 Å². The minimum atomic E-state index is -0.637. The van der Waals surface area contributed by atoms with Gasteiger partial charge in [0.15, 0.2) is 11.6 Å². The Morgan fingerprint density at radius 2 is 1.03 bits per heavy atom. The van der Waals surface area contributed by atoms with Crippen molar-refractivity contribution in [1.29, 1.82) is 0 Å². The normalized spacial score (nSPS) is 11.8. The van der Waals surface area contributed by atoms with Gasteiger partial charge in [0.2, 0.25) is 0 Å². The fraction of sp³-hybridized carbons (Fsp3) is 0.0400. The number of hydrogen-bond donors (Lipinski definition) is 4. The number of rotatable bonds is 7. The molecule has 0 aliphatic heterocycles. The zero-order valence-corrected chi connectivity index (χ0v) is 17.0. The van der Waals surface area contributed by atoms with Crippen molar-refractivity contribution < 1.29 is 34.8 Å². The number of hydrogen-bond acceptors (Lipinski definition) is 7. The molecule has 3 aromatic rings. The maximum Gasteiger partial charge on any atom is 0.193 e. The Hall–Kier alpha value is -4.52. The van der Waals surface area contributed by atoms with Gasteiger partial charge in [-0.05, 0) is 36.4 Å². The fourth-order valence-corrected chi connectivity index (χ4v) is 3.08. The van der Waals surface area contributed by atoms with Crippen LogP contribution in [-0.4, -0.2) is 39.1 Å². The molecule has 7 nitrogen and oxygen atoms in total. The molecule has 0 fully saturated rings. The molecule has 0 saturated heterocycles. The Labute approximate surface area is 183 Å². The number of aliphatic hydroxyl groups is 2. The summed E-state index contributed by atoms with van der Waals surface area (Å²) < 4.78 is 5.32. The van der Waals surface area contributed by atoms with Crippen LogP contribution in [0.15, 0.2) is 78.9 Å². The minimum absolute atomic E-state index is 0.00480. The standard InChI is InChI=1S/C25H20O7/c1-32-25-17(23(30)13-21(28)15-7-2-4-11-19(15)26)9-6-10-18(25)24(31)14-22(29)16-8-3-5-12-20(16)27/h2-14,26-27,30-31H,1H3/b23-13-,24-14-. The molecule has 0 bridgehead atoms. The SMILES string of the molecule is COc1c(/C(O)=C/C(=O)c2ccccc2O)cccc1/C(O)=C/C(=O)c1ccccc1O. The molecule has 0 heterocycles. The number of methoxy groups -OCH3 is 1. The summed E-state index contributed by atoms with van der Waals surface area (Å²) in [5.74, 6) is -2.64. The molecule has 3 aromatic carbocycles. The van der Waals surface area contributed by atoms with Crippen molar-refractivity contribution in [3.63, 3.8) is 0 Å².